The molecule has 0 aromatic heterocycles. The third-order valence-corrected chi connectivity index (χ3v) is 2.88. The first-order valence-electron chi connectivity index (χ1n) is 6.23. The second kappa shape index (κ2) is 5.62. The van der Waals surface area contributed by atoms with E-state index in [0.29, 0.717) is 12.6 Å². The van der Waals surface area contributed by atoms with Gasteiger partial charge in [0.25, 0.3) is 0 Å². The Balaban J connectivity index is 2.06. The van der Waals surface area contributed by atoms with Gasteiger partial charge in [-0.25, -0.2) is 0 Å². The summed E-state index contributed by atoms with van der Waals surface area (Å²) in [7, 11) is 0. The molecule has 1 aromatic carbocycles. The van der Waals surface area contributed by atoms with Gasteiger partial charge in [0.15, 0.2) is 0 Å². The van der Waals surface area contributed by atoms with E-state index in [-0.39, 0.29) is 0 Å². The van der Waals surface area contributed by atoms with Gasteiger partial charge in [0, 0.05) is 29.5 Å². The molecule has 0 aliphatic heterocycles. The van der Waals surface area contributed by atoms with Crippen molar-refractivity contribution in [2.75, 3.05) is 17.7 Å². The Bertz CT molecular complexity index is 401. The predicted octanol–water partition coefficient (Wildman–Crippen LogP) is 3.19. The Kier molecular flexibility index (Phi) is 3.91. The standard InChI is InChI=1S/C14H20N2O/c1-2-17-14-9-11(15)8-13(10-14)16-12-6-4-3-5-7-12/h3-4,8-10,12,16H,2,5-7,15H2,1H3. The van der Waals surface area contributed by atoms with Crippen LogP contribution in [0.3, 0.4) is 0 Å². The van der Waals surface area contributed by atoms with Crippen LogP contribution in [0.2, 0.25) is 0 Å². The zero-order valence-electron chi connectivity index (χ0n) is 10.3. The van der Waals surface area contributed by atoms with E-state index in [1.54, 1.807) is 0 Å². The molecule has 0 bridgehead atoms. The molecule has 3 N–H and O–H groups in total. The van der Waals surface area contributed by atoms with Gasteiger partial charge in [-0.15, -0.1) is 0 Å². The van der Waals surface area contributed by atoms with E-state index in [9.17, 15) is 0 Å². The van der Waals surface area contributed by atoms with E-state index in [1.165, 1.54) is 6.42 Å². The van der Waals surface area contributed by atoms with Gasteiger partial charge in [-0.3, -0.25) is 0 Å². The van der Waals surface area contributed by atoms with Crippen LogP contribution in [0.1, 0.15) is 26.2 Å². The molecule has 17 heavy (non-hydrogen) atoms. The highest BCUT2D eigenvalue weighted by Crippen LogP contribution is 2.25. The van der Waals surface area contributed by atoms with Crippen molar-refractivity contribution in [1.82, 2.24) is 0 Å². The van der Waals surface area contributed by atoms with Gasteiger partial charge in [0.05, 0.1) is 6.61 Å². The fourth-order valence-electron chi connectivity index (χ4n) is 2.12. The van der Waals surface area contributed by atoms with E-state index < -0.39 is 0 Å². The third-order valence-electron chi connectivity index (χ3n) is 2.88. The van der Waals surface area contributed by atoms with Gasteiger partial charge in [0.2, 0.25) is 0 Å². The van der Waals surface area contributed by atoms with E-state index in [0.717, 1.165) is 30.0 Å². The zero-order chi connectivity index (χ0) is 12.1. The molecule has 1 aliphatic rings. The average molecular weight is 232 g/mol. The van der Waals surface area contributed by atoms with Gasteiger partial charge in [-0.1, -0.05) is 12.2 Å². The number of anilines is 2. The third kappa shape index (κ3) is 3.41. The summed E-state index contributed by atoms with van der Waals surface area (Å²) in [5.74, 6) is 0.835. The molecule has 0 fully saturated rings. The highest BCUT2D eigenvalue weighted by Gasteiger charge is 2.10. The molecule has 92 valence electrons. The number of nitrogens with two attached hydrogens (primary N) is 1. The first kappa shape index (κ1) is 11.8. The molecule has 1 aliphatic carbocycles. The maximum Gasteiger partial charge on any atom is 0.123 e. The molecule has 1 aromatic rings. The SMILES string of the molecule is CCOc1cc(N)cc(NC2CC=CCC2)c1. The molecule has 1 unspecified atom stereocenters. The number of benzene rings is 1. The monoisotopic (exact) mass is 232 g/mol. The summed E-state index contributed by atoms with van der Waals surface area (Å²) in [4.78, 5) is 0. The smallest absolute Gasteiger partial charge is 0.123 e. The number of rotatable bonds is 4. The van der Waals surface area contributed by atoms with Crippen LogP contribution in [0.25, 0.3) is 0 Å². The fraction of sp³-hybridized carbons (Fsp3) is 0.429. The molecule has 1 atom stereocenters. The Morgan fingerprint density at radius 2 is 2.24 bits per heavy atom. The average Bonchev–Trinajstić information content (AvgIpc) is 2.30. The highest BCUT2D eigenvalue weighted by molar-refractivity contribution is 5.59. The molecule has 0 heterocycles. The molecular formula is C14H20N2O. The second-order valence-corrected chi connectivity index (χ2v) is 4.35. The summed E-state index contributed by atoms with van der Waals surface area (Å²) in [5.41, 5.74) is 7.65. The molecule has 3 nitrogen and oxygen atoms in total. The second-order valence-electron chi connectivity index (χ2n) is 4.35. The lowest BCUT2D eigenvalue weighted by Gasteiger charge is -2.21. The van der Waals surface area contributed by atoms with Gasteiger partial charge in [0.1, 0.15) is 5.75 Å². The largest absolute Gasteiger partial charge is 0.494 e. The Labute approximate surface area is 103 Å². The van der Waals surface area contributed by atoms with E-state index in [4.69, 9.17) is 10.5 Å². The Morgan fingerprint density at radius 3 is 2.94 bits per heavy atom. The molecule has 3 heteroatoms. The van der Waals surface area contributed by atoms with Crippen molar-refractivity contribution in [3.05, 3.63) is 30.4 Å². The number of hydrogen-bond donors (Lipinski definition) is 2. The predicted molar refractivity (Wildman–Crippen MR) is 72.4 cm³/mol. The number of hydrogen-bond acceptors (Lipinski definition) is 3. The molecule has 0 radical (unpaired) electrons. The van der Waals surface area contributed by atoms with Crippen molar-refractivity contribution in [3.8, 4) is 5.75 Å². The van der Waals surface area contributed by atoms with Crippen LogP contribution in [-0.4, -0.2) is 12.6 Å². The normalized spacial score (nSPS) is 19.0. The Morgan fingerprint density at radius 1 is 1.35 bits per heavy atom. The van der Waals surface area contributed by atoms with E-state index in [1.807, 2.05) is 25.1 Å². The minimum atomic E-state index is 0.510. The lowest BCUT2D eigenvalue weighted by atomic mass is 10.0. The fourth-order valence-corrected chi connectivity index (χ4v) is 2.12. The first-order chi connectivity index (χ1) is 8.28. The van der Waals surface area contributed by atoms with Crippen molar-refractivity contribution >= 4 is 11.4 Å². The van der Waals surface area contributed by atoms with Gasteiger partial charge in [-0.05, 0) is 32.3 Å². The van der Waals surface area contributed by atoms with E-state index >= 15 is 0 Å². The van der Waals surface area contributed by atoms with Crippen LogP contribution < -0.4 is 15.8 Å². The number of nitrogens with one attached hydrogen (secondary N) is 1. The quantitative estimate of drug-likeness (QED) is 0.619. The van der Waals surface area contributed by atoms with Crippen molar-refractivity contribution < 1.29 is 4.74 Å². The zero-order valence-corrected chi connectivity index (χ0v) is 10.3. The molecule has 2 rings (SSSR count). The summed E-state index contributed by atoms with van der Waals surface area (Å²) in [6.45, 7) is 2.64. The van der Waals surface area contributed by atoms with Crippen LogP contribution in [-0.2, 0) is 0 Å². The lowest BCUT2D eigenvalue weighted by Crippen LogP contribution is -2.20. The lowest BCUT2D eigenvalue weighted by molar-refractivity contribution is 0.340. The molecular weight excluding hydrogens is 212 g/mol. The maximum absolute atomic E-state index is 5.86. The topological polar surface area (TPSA) is 47.3 Å². The van der Waals surface area contributed by atoms with Crippen LogP contribution in [0.4, 0.5) is 11.4 Å². The number of ether oxygens (including phenoxy) is 1. The van der Waals surface area contributed by atoms with Crippen LogP contribution in [0, 0.1) is 0 Å². The summed E-state index contributed by atoms with van der Waals surface area (Å²) in [6, 6.07) is 6.34. The summed E-state index contributed by atoms with van der Waals surface area (Å²) in [5, 5.41) is 3.51. The molecule has 0 spiro atoms. The van der Waals surface area contributed by atoms with Crippen molar-refractivity contribution in [2.45, 2.75) is 32.2 Å². The number of allylic oxidation sites excluding steroid dienone is 1. The Hall–Kier alpha value is -1.64. The molecule has 0 saturated carbocycles. The summed E-state index contributed by atoms with van der Waals surface area (Å²) >= 11 is 0. The van der Waals surface area contributed by atoms with Crippen LogP contribution >= 0.6 is 0 Å². The first-order valence-corrected chi connectivity index (χ1v) is 6.23. The van der Waals surface area contributed by atoms with Crippen LogP contribution in [0.5, 0.6) is 5.75 Å². The number of nitrogen functional groups attached to an aromatic ring is 1. The van der Waals surface area contributed by atoms with Gasteiger partial charge < -0.3 is 15.8 Å². The van der Waals surface area contributed by atoms with Gasteiger partial charge in [-0.2, -0.15) is 0 Å². The maximum atomic E-state index is 5.86. The van der Waals surface area contributed by atoms with Crippen molar-refractivity contribution in [2.24, 2.45) is 0 Å². The highest BCUT2D eigenvalue weighted by atomic mass is 16.5. The minimum Gasteiger partial charge on any atom is -0.494 e. The minimum absolute atomic E-state index is 0.510. The molecule has 0 saturated heterocycles. The summed E-state index contributed by atoms with van der Waals surface area (Å²) < 4.78 is 5.48. The van der Waals surface area contributed by atoms with Crippen molar-refractivity contribution in [1.29, 1.82) is 0 Å². The summed E-state index contributed by atoms with van der Waals surface area (Å²) in [6.07, 6.45) is 7.88. The van der Waals surface area contributed by atoms with Crippen LogP contribution in [0.15, 0.2) is 30.4 Å². The van der Waals surface area contributed by atoms with E-state index in [2.05, 4.69) is 17.5 Å². The van der Waals surface area contributed by atoms with Gasteiger partial charge >= 0.3 is 0 Å². The molecule has 0 amide bonds. The van der Waals surface area contributed by atoms with Crippen molar-refractivity contribution in [3.63, 3.8) is 0 Å².